The predicted octanol–water partition coefficient (Wildman–Crippen LogP) is 1.91. The number of nitrogens with zero attached hydrogens (tertiary/aromatic N) is 2. The Kier molecular flexibility index (Phi) is 6.48. The minimum absolute atomic E-state index is 0.0413. The third-order valence-corrected chi connectivity index (χ3v) is 5.53. The fourth-order valence-corrected chi connectivity index (χ4v) is 3.66. The van der Waals surface area contributed by atoms with Crippen molar-refractivity contribution in [1.82, 2.24) is 9.21 Å². The van der Waals surface area contributed by atoms with Gasteiger partial charge in [0.2, 0.25) is 15.9 Å². The number of amides is 1. The van der Waals surface area contributed by atoms with Gasteiger partial charge in [0.15, 0.2) is 0 Å². The number of hydrogen-bond donors (Lipinski definition) is 0. The average Bonchev–Trinajstić information content (AvgIpc) is 2.52. The second-order valence-electron chi connectivity index (χ2n) is 5.90. The molecule has 1 saturated heterocycles. The van der Waals surface area contributed by atoms with Crippen LogP contribution in [0.3, 0.4) is 0 Å². The van der Waals surface area contributed by atoms with Gasteiger partial charge >= 0.3 is 0 Å². The van der Waals surface area contributed by atoms with Gasteiger partial charge in [-0.05, 0) is 37.1 Å². The van der Waals surface area contributed by atoms with E-state index in [-0.39, 0.29) is 5.91 Å². The molecule has 0 N–H and O–H groups in total. The van der Waals surface area contributed by atoms with Crippen LogP contribution in [0.5, 0.6) is 5.75 Å². The van der Waals surface area contributed by atoms with E-state index in [1.165, 1.54) is 10.6 Å². The fraction of sp³-hybridized carbons (Fsp3) is 0.562. The number of carbonyl (C=O) groups is 1. The van der Waals surface area contributed by atoms with Gasteiger partial charge in [0, 0.05) is 37.6 Å². The van der Waals surface area contributed by atoms with Crippen molar-refractivity contribution in [1.29, 1.82) is 0 Å². The average molecular weight is 375 g/mol. The van der Waals surface area contributed by atoms with Crippen LogP contribution >= 0.6 is 11.6 Å². The van der Waals surface area contributed by atoms with Crippen molar-refractivity contribution < 1.29 is 17.9 Å². The van der Waals surface area contributed by atoms with Gasteiger partial charge in [0.05, 0.1) is 12.9 Å². The quantitative estimate of drug-likeness (QED) is 0.713. The molecule has 1 fully saturated rings. The second kappa shape index (κ2) is 8.18. The topological polar surface area (TPSA) is 66.9 Å². The first-order chi connectivity index (χ1) is 11.3. The molecular weight excluding hydrogens is 352 g/mol. The summed E-state index contributed by atoms with van der Waals surface area (Å²) in [6.45, 7) is 4.01. The molecule has 1 aliphatic heterocycles. The van der Waals surface area contributed by atoms with Crippen LogP contribution in [0.1, 0.15) is 18.4 Å². The summed E-state index contributed by atoms with van der Waals surface area (Å²) in [5.74, 6) is 0.813. The monoisotopic (exact) mass is 374 g/mol. The van der Waals surface area contributed by atoms with Gasteiger partial charge in [-0.1, -0.05) is 11.6 Å². The van der Waals surface area contributed by atoms with Gasteiger partial charge in [-0.2, -0.15) is 4.31 Å². The molecule has 24 heavy (non-hydrogen) atoms. The van der Waals surface area contributed by atoms with Gasteiger partial charge in [0.1, 0.15) is 5.75 Å². The molecule has 0 unspecified atom stereocenters. The Bertz CT molecular complexity index is 685. The number of sulfonamides is 1. The van der Waals surface area contributed by atoms with Crippen LogP contribution < -0.4 is 4.74 Å². The van der Waals surface area contributed by atoms with E-state index < -0.39 is 10.0 Å². The standard InChI is InChI=1S/C16H23ClN2O4S/c1-13-12-14(17)5-6-15(13)23-11-3-4-16(20)18-7-9-19(10-8-18)24(2,21)22/h5-6,12H,3-4,7-11H2,1-2H3. The zero-order valence-electron chi connectivity index (χ0n) is 14.0. The van der Waals surface area contributed by atoms with Crippen LogP contribution in [0.25, 0.3) is 0 Å². The Hall–Kier alpha value is -1.31. The van der Waals surface area contributed by atoms with E-state index in [1.54, 1.807) is 11.0 Å². The van der Waals surface area contributed by atoms with Crippen molar-refractivity contribution in [3.05, 3.63) is 28.8 Å². The predicted molar refractivity (Wildman–Crippen MR) is 93.9 cm³/mol. The minimum atomic E-state index is -3.17. The molecule has 0 aliphatic carbocycles. The molecule has 0 radical (unpaired) electrons. The van der Waals surface area contributed by atoms with Crippen LogP contribution in [0.2, 0.25) is 5.02 Å². The molecule has 0 saturated carbocycles. The highest BCUT2D eigenvalue weighted by atomic mass is 35.5. The lowest BCUT2D eigenvalue weighted by Crippen LogP contribution is -2.50. The summed E-state index contributed by atoms with van der Waals surface area (Å²) in [5, 5.41) is 0.670. The first kappa shape index (κ1) is 19.0. The molecule has 1 aliphatic rings. The number of carbonyl (C=O) groups excluding carboxylic acids is 1. The maximum absolute atomic E-state index is 12.2. The van der Waals surface area contributed by atoms with Crippen molar-refractivity contribution in [2.24, 2.45) is 0 Å². The summed E-state index contributed by atoms with van der Waals surface area (Å²) >= 11 is 5.90. The lowest BCUT2D eigenvalue weighted by molar-refractivity contribution is -0.132. The first-order valence-electron chi connectivity index (χ1n) is 7.89. The molecule has 0 spiro atoms. The summed E-state index contributed by atoms with van der Waals surface area (Å²) in [4.78, 5) is 13.9. The second-order valence-corrected chi connectivity index (χ2v) is 8.32. The Balaban J connectivity index is 1.70. The van der Waals surface area contributed by atoms with Crippen molar-refractivity contribution in [2.75, 3.05) is 39.0 Å². The Morgan fingerprint density at radius 2 is 1.92 bits per heavy atom. The van der Waals surface area contributed by atoms with Crippen molar-refractivity contribution in [3.8, 4) is 5.75 Å². The molecule has 1 aromatic rings. The van der Waals surface area contributed by atoms with E-state index in [9.17, 15) is 13.2 Å². The molecule has 134 valence electrons. The smallest absolute Gasteiger partial charge is 0.222 e. The van der Waals surface area contributed by atoms with E-state index >= 15 is 0 Å². The maximum Gasteiger partial charge on any atom is 0.222 e. The number of ether oxygens (including phenoxy) is 1. The highest BCUT2D eigenvalue weighted by Gasteiger charge is 2.25. The van der Waals surface area contributed by atoms with Crippen LogP contribution in [-0.2, 0) is 14.8 Å². The van der Waals surface area contributed by atoms with Gasteiger partial charge in [0.25, 0.3) is 0 Å². The van der Waals surface area contributed by atoms with Gasteiger partial charge in [-0.3, -0.25) is 4.79 Å². The Morgan fingerprint density at radius 3 is 2.50 bits per heavy atom. The van der Waals surface area contributed by atoms with E-state index in [0.717, 1.165) is 11.3 Å². The lowest BCUT2D eigenvalue weighted by Gasteiger charge is -2.33. The van der Waals surface area contributed by atoms with Crippen LogP contribution in [-0.4, -0.2) is 62.6 Å². The van der Waals surface area contributed by atoms with E-state index in [1.807, 2.05) is 19.1 Å². The molecule has 1 heterocycles. The molecule has 1 amide bonds. The van der Waals surface area contributed by atoms with Crippen LogP contribution in [0.15, 0.2) is 18.2 Å². The zero-order chi connectivity index (χ0) is 17.7. The largest absolute Gasteiger partial charge is 0.493 e. The normalized spacial score (nSPS) is 16.2. The molecule has 0 atom stereocenters. The first-order valence-corrected chi connectivity index (χ1v) is 10.1. The summed E-state index contributed by atoms with van der Waals surface area (Å²) in [5.41, 5.74) is 0.964. The SMILES string of the molecule is Cc1cc(Cl)ccc1OCCCC(=O)N1CCN(S(C)(=O)=O)CC1. The van der Waals surface area contributed by atoms with E-state index in [2.05, 4.69) is 0 Å². The molecule has 8 heteroatoms. The van der Waals surface area contributed by atoms with E-state index in [0.29, 0.717) is 50.7 Å². The highest BCUT2D eigenvalue weighted by Crippen LogP contribution is 2.22. The van der Waals surface area contributed by atoms with Crippen molar-refractivity contribution in [3.63, 3.8) is 0 Å². The number of hydrogen-bond acceptors (Lipinski definition) is 4. The third kappa shape index (κ3) is 5.36. The molecule has 2 rings (SSSR count). The van der Waals surface area contributed by atoms with Crippen molar-refractivity contribution >= 4 is 27.5 Å². The number of halogens is 1. The Morgan fingerprint density at radius 1 is 1.25 bits per heavy atom. The Labute approximate surface area is 148 Å². The molecule has 1 aromatic carbocycles. The minimum Gasteiger partial charge on any atom is -0.493 e. The molecular formula is C16H23ClN2O4S. The number of piperazine rings is 1. The zero-order valence-corrected chi connectivity index (χ0v) is 15.6. The number of benzene rings is 1. The van der Waals surface area contributed by atoms with Gasteiger partial charge < -0.3 is 9.64 Å². The molecule has 0 aromatic heterocycles. The molecule has 6 nitrogen and oxygen atoms in total. The summed E-state index contributed by atoms with van der Waals surface area (Å²) < 4.78 is 30.0. The summed E-state index contributed by atoms with van der Waals surface area (Å²) in [7, 11) is -3.17. The third-order valence-electron chi connectivity index (χ3n) is 3.99. The molecule has 0 bridgehead atoms. The number of aryl methyl sites for hydroxylation is 1. The van der Waals surface area contributed by atoms with Crippen LogP contribution in [0.4, 0.5) is 0 Å². The van der Waals surface area contributed by atoms with Gasteiger partial charge in [-0.25, -0.2) is 8.42 Å². The highest BCUT2D eigenvalue weighted by molar-refractivity contribution is 7.88. The van der Waals surface area contributed by atoms with Gasteiger partial charge in [-0.15, -0.1) is 0 Å². The lowest BCUT2D eigenvalue weighted by atomic mass is 10.2. The fourth-order valence-electron chi connectivity index (χ4n) is 2.61. The maximum atomic E-state index is 12.2. The van der Waals surface area contributed by atoms with Crippen LogP contribution in [0, 0.1) is 6.92 Å². The summed E-state index contributed by atoms with van der Waals surface area (Å²) in [6.07, 6.45) is 2.21. The van der Waals surface area contributed by atoms with Crippen molar-refractivity contribution in [2.45, 2.75) is 19.8 Å². The number of rotatable bonds is 6. The van der Waals surface area contributed by atoms with E-state index in [4.69, 9.17) is 16.3 Å². The summed E-state index contributed by atoms with van der Waals surface area (Å²) in [6, 6.07) is 5.43.